The van der Waals surface area contributed by atoms with Crippen molar-refractivity contribution in [2.24, 2.45) is 0 Å². The summed E-state index contributed by atoms with van der Waals surface area (Å²) >= 11 is 0. The molecule has 1 aliphatic carbocycles. The third-order valence-electron chi connectivity index (χ3n) is 5.12. The molecule has 0 saturated carbocycles. The largest absolute Gasteiger partial charge is 0.123 e. The molecule has 122 valence electrons. The lowest BCUT2D eigenvalue weighted by atomic mass is 10.1. The Morgan fingerprint density at radius 3 is 1.31 bits per heavy atom. The molecule has 2 aliphatic rings. The van der Waals surface area contributed by atoms with Crippen LogP contribution in [0.25, 0.3) is 22.3 Å². The van der Waals surface area contributed by atoms with Gasteiger partial charge in [0.25, 0.3) is 0 Å². The first-order valence-corrected chi connectivity index (χ1v) is 10.0. The second-order valence-corrected chi connectivity index (χ2v) is 8.03. The van der Waals surface area contributed by atoms with E-state index in [0.29, 0.717) is 0 Å². The maximum atomic E-state index is 2.23. The van der Waals surface area contributed by atoms with Crippen LogP contribution in [0.2, 0.25) is 0 Å². The molecule has 0 unspecified atom stereocenters. The highest BCUT2D eigenvalue weighted by Gasteiger charge is 2.17. The van der Waals surface area contributed by atoms with Gasteiger partial charge in [0.2, 0.25) is 0 Å². The Morgan fingerprint density at radius 2 is 0.808 bits per heavy atom. The molecular formula is C25H18Si. The summed E-state index contributed by atoms with van der Waals surface area (Å²) in [6.07, 6.45) is 1.10. The van der Waals surface area contributed by atoms with E-state index in [1.807, 2.05) is 0 Å². The second-order valence-electron chi connectivity index (χ2n) is 6.71. The number of hydrogen-bond donors (Lipinski definition) is 0. The lowest BCUT2D eigenvalue weighted by molar-refractivity contribution is 1.26. The quantitative estimate of drug-likeness (QED) is 0.353. The van der Waals surface area contributed by atoms with Gasteiger partial charge < -0.3 is 0 Å². The Balaban J connectivity index is 0.000000115. The molecule has 0 amide bonds. The molecule has 0 nitrogen and oxygen atoms in total. The average Bonchev–Trinajstić information content (AvgIpc) is 3.27. The maximum absolute atomic E-state index is 2.23. The topological polar surface area (TPSA) is 0 Å². The van der Waals surface area contributed by atoms with Crippen molar-refractivity contribution in [2.45, 2.75) is 6.42 Å². The number of fused-ring (bicyclic) bond motifs is 6. The van der Waals surface area contributed by atoms with E-state index in [0.717, 1.165) is 15.9 Å². The van der Waals surface area contributed by atoms with Gasteiger partial charge in [-0.1, -0.05) is 107 Å². The maximum Gasteiger partial charge on any atom is 0.123 e. The van der Waals surface area contributed by atoms with E-state index in [-0.39, 0.29) is 0 Å². The molecular weight excluding hydrogens is 328 g/mol. The van der Waals surface area contributed by atoms with Crippen LogP contribution in [0, 0.1) is 0 Å². The minimum atomic E-state index is 0.851. The summed E-state index contributed by atoms with van der Waals surface area (Å²) in [5, 5.41) is 2.98. The van der Waals surface area contributed by atoms with Crippen molar-refractivity contribution >= 4 is 19.9 Å². The first-order chi connectivity index (χ1) is 12.9. The molecule has 0 spiro atoms. The van der Waals surface area contributed by atoms with Gasteiger partial charge in [-0.15, -0.1) is 0 Å². The smallest absolute Gasteiger partial charge is 0.0625 e. The molecule has 1 heterocycles. The van der Waals surface area contributed by atoms with E-state index >= 15 is 0 Å². The van der Waals surface area contributed by atoms with Crippen LogP contribution in [0.1, 0.15) is 11.1 Å². The first-order valence-electron chi connectivity index (χ1n) is 9.02. The Bertz CT molecular complexity index is 918. The highest BCUT2D eigenvalue weighted by molar-refractivity contribution is 6.73. The summed E-state index contributed by atoms with van der Waals surface area (Å²) in [6.45, 7) is 0. The van der Waals surface area contributed by atoms with Crippen molar-refractivity contribution < 1.29 is 0 Å². The zero-order valence-electron chi connectivity index (χ0n) is 14.4. The third kappa shape index (κ3) is 2.61. The fraction of sp³-hybridized carbons (Fsp3) is 0.0400. The van der Waals surface area contributed by atoms with Crippen molar-refractivity contribution in [1.29, 1.82) is 0 Å². The van der Waals surface area contributed by atoms with E-state index in [4.69, 9.17) is 0 Å². The van der Waals surface area contributed by atoms with E-state index in [1.165, 1.54) is 43.8 Å². The highest BCUT2D eigenvalue weighted by atomic mass is 28.2. The van der Waals surface area contributed by atoms with Crippen LogP contribution >= 0.6 is 0 Å². The molecule has 0 bridgehead atoms. The fourth-order valence-electron chi connectivity index (χ4n) is 3.88. The summed E-state index contributed by atoms with van der Waals surface area (Å²) < 4.78 is 0. The number of benzene rings is 4. The van der Waals surface area contributed by atoms with Crippen molar-refractivity contribution in [3.63, 3.8) is 0 Å². The van der Waals surface area contributed by atoms with Gasteiger partial charge in [0, 0.05) is 0 Å². The van der Waals surface area contributed by atoms with Gasteiger partial charge in [-0.05, 0) is 39.8 Å². The molecule has 6 rings (SSSR count). The van der Waals surface area contributed by atoms with Crippen LogP contribution in [0.3, 0.4) is 0 Å². The Morgan fingerprint density at radius 1 is 0.423 bits per heavy atom. The molecule has 1 heteroatoms. The molecule has 2 radical (unpaired) electrons. The van der Waals surface area contributed by atoms with Crippen LogP contribution < -0.4 is 10.4 Å². The zero-order valence-corrected chi connectivity index (χ0v) is 15.4. The monoisotopic (exact) mass is 346 g/mol. The van der Waals surface area contributed by atoms with Gasteiger partial charge in [0.05, 0.1) is 0 Å². The van der Waals surface area contributed by atoms with Crippen molar-refractivity contribution in [2.75, 3.05) is 0 Å². The highest BCUT2D eigenvalue weighted by Crippen LogP contribution is 2.35. The van der Waals surface area contributed by atoms with Gasteiger partial charge in [-0.25, -0.2) is 0 Å². The van der Waals surface area contributed by atoms with Crippen LogP contribution in [0.5, 0.6) is 0 Å². The number of hydrogen-bond acceptors (Lipinski definition) is 0. The standard InChI is InChI=1S/C13H10.C12H8Si/c1-3-7-12-10(5-1)9-11-6-2-4-8-13(11)12;1-3-7-11-9(5-1)10-6-2-4-8-12(10)13-11/h1-8H,9H2;1-8H. The summed E-state index contributed by atoms with van der Waals surface area (Å²) in [4.78, 5) is 0. The summed E-state index contributed by atoms with van der Waals surface area (Å²) in [6, 6.07) is 34.7. The van der Waals surface area contributed by atoms with E-state index in [1.54, 1.807) is 0 Å². The van der Waals surface area contributed by atoms with Gasteiger partial charge in [-0.3, -0.25) is 0 Å². The van der Waals surface area contributed by atoms with E-state index in [9.17, 15) is 0 Å². The van der Waals surface area contributed by atoms with Crippen LogP contribution in [0.15, 0.2) is 97.1 Å². The summed E-state index contributed by atoms with van der Waals surface area (Å²) in [5.41, 5.74) is 8.61. The fourth-order valence-corrected chi connectivity index (χ4v) is 5.23. The molecule has 4 aromatic rings. The van der Waals surface area contributed by atoms with Crippen molar-refractivity contribution in [1.82, 2.24) is 0 Å². The van der Waals surface area contributed by atoms with Crippen LogP contribution in [-0.2, 0) is 6.42 Å². The van der Waals surface area contributed by atoms with Gasteiger partial charge in [0.15, 0.2) is 0 Å². The lowest BCUT2D eigenvalue weighted by Gasteiger charge is -1.98. The van der Waals surface area contributed by atoms with Crippen molar-refractivity contribution in [3.05, 3.63) is 108 Å². The van der Waals surface area contributed by atoms with Crippen LogP contribution in [-0.4, -0.2) is 9.52 Å². The Labute approximate surface area is 157 Å². The molecule has 0 saturated heterocycles. The first kappa shape index (κ1) is 15.4. The molecule has 26 heavy (non-hydrogen) atoms. The predicted octanol–water partition coefficient (Wildman–Crippen LogP) is 4.58. The molecule has 0 aromatic heterocycles. The zero-order chi connectivity index (χ0) is 17.3. The molecule has 4 aromatic carbocycles. The normalized spacial score (nSPS) is 12.3. The average molecular weight is 347 g/mol. The summed E-state index contributed by atoms with van der Waals surface area (Å²) in [7, 11) is 0.851. The molecule has 0 N–H and O–H groups in total. The second kappa shape index (κ2) is 6.43. The molecule has 0 fully saturated rings. The Kier molecular flexibility index (Phi) is 3.80. The van der Waals surface area contributed by atoms with Crippen LogP contribution in [0.4, 0.5) is 0 Å². The van der Waals surface area contributed by atoms with E-state index < -0.39 is 0 Å². The minimum Gasteiger partial charge on any atom is -0.0625 e. The summed E-state index contributed by atoms with van der Waals surface area (Å²) in [5.74, 6) is 0. The molecule has 1 aliphatic heterocycles. The van der Waals surface area contributed by atoms with Gasteiger partial charge >= 0.3 is 0 Å². The minimum absolute atomic E-state index is 0.851. The van der Waals surface area contributed by atoms with Gasteiger partial charge in [-0.2, -0.15) is 0 Å². The van der Waals surface area contributed by atoms with E-state index in [2.05, 4.69) is 97.1 Å². The SMILES string of the molecule is c1ccc2c(c1)Cc1ccccc1-2.c1ccc2c(c1)[Si]c1ccccc1-2. The van der Waals surface area contributed by atoms with Crippen molar-refractivity contribution in [3.8, 4) is 22.3 Å². The molecule has 0 atom stereocenters. The van der Waals surface area contributed by atoms with Gasteiger partial charge in [0.1, 0.15) is 9.52 Å². The third-order valence-corrected chi connectivity index (χ3v) is 6.53. The lowest BCUT2D eigenvalue weighted by Crippen LogP contribution is -2.20. The Hall–Kier alpha value is -2.90. The predicted molar refractivity (Wildman–Crippen MR) is 112 cm³/mol. The number of rotatable bonds is 0.